The topological polar surface area (TPSA) is 77.2 Å². The van der Waals surface area contributed by atoms with E-state index in [9.17, 15) is 4.79 Å². The molecule has 4 aliphatic rings. The van der Waals surface area contributed by atoms with Crippen LogP contribution in [0.2, 0.25) is 0 Å². The van der Waals surface area contributed by atoms with Crippen molar-refractivity contribution in [3.63, 3.8) is 0 Å². The molecule has 0 aromatic rings. The van der Waals surface area contributed by atoms with Crippen LogP contribution < -0.4 is 15.6 Å². The molecule has 0 aromatic heterocycles. The minimum absolute atomic E-state index is 0.0277. The Kier molecular flexibility index (Phi) is 2.90. The fraction of sp³-hybridized carbons (Fsp3) is 0.400. The van der Waals surface area contributed by atoms with Crippen LogP contribution in [0.1, 0.15) is 0 Å². The van der Waals surface area contributed by atoms with E-state index in [0.29, 0.717) is 11.9 Å². The quantitative estimate of drug-likeness (QED) is 0.787. The van der Waals surface area contributed by atoms with Crippen LogP contribution in [0.15, 0.2) is 18.2 Å². The summed E-state index contributed by atoms with van der Waals surface area (Å²) in [6.07, 6.45) is 0. The summed E-state index contributed by atoms with van der Waals surface area (Å²) in [5.41, 5.74) is 1.66. The highest BCUT2D eigenvalue weighted by Gasteiger charge is 2.29. The maximum absolute atomic E-state index is 11.9. The van der Waals surface area contributed by atoms with Gasteiger partial charge in [0.1, 0.15) is 6.54 Å². The molecule has 3 aliphatic heterocycles. The first kappa shape index (κ1) is 13.3. The zero-order valence-electron chi connectivity index (χ0n) is 12.5. The molecule has 0 spiro atoms. The van der Waals surface area contributed by atoms with Crippen molar-refractivity contribution < 1.29 is 4.79 Å². The van der Waals surface area contributed by atoms with Crippen molar-refractivity contribution in [3.05, 3.63) is 23.6 Å². The molecule has 114 valence electrons. The Balaban J connectivity index is 1.87. The molecule has 7 nitrogen and oxygen atoms in total. The van der Waals surface area contributed by atoms with Crippen LogP contribution in [0.3, 0.4) is 0 Å². The van der Waals surface area contributed by atoms with Crippen molar-refractivity contribution in [3.8, 4) is 11.4 Å². The van der Waals surface area contributed by atoms with E-state index >= 15 is 0 Å². The molecule has 1 fully saturated rings. The molecule has 7 heteroatoms. The Labute approximate surface area is 128 Å². The second-order valence-corrected chi connectivity index (χ2v) is 5.91. The van der Waals surface area contributed by atoms with Crippen molar-refractivity contribution >= 4 is 17.5 Å². The molecular weight excluding hydrogens is 280 g/mol. The number of anilines is 2. The number of nitrogens with zero attached hydrogens (tertiary/aromatic N) is 4. The number of piperazine rings is 1. The third-order valence-corrected chi connectivity index (χ3v) is 4.34. The van der Waals surface area contributed by atoms with E-state index in [-0.39, 0.29) is 5.91 Å². The lowest BCUT2D eigenvalue weighted by Gasteiger charge is -2.34. The van der Waals surface area contributed by atoms with E-state index in [0.717, 1.165) is 49.2 Å². The lowest BCUT2D eigenvalue weighted by atomic mass is 10.2. The van der Waals surface area contributed by atoms with E-state index in [1.807, 2.05) is 10.6 Å². The van der Waals surface area contributed by atoms with Gasteiger partial charge in [0.15, 0.2) is 11.6 Å². The highest BCUT2D eigenvalue weighted by atomic mass is 16.2. The number of carbonyl (C=O) groups is 1. The number of hydrogen-bond acceptors (Lipinski definition) is 5. The molecule has 0 saturated carbocycles. The van der Waals surface area contributed by atoms with Crippen LogP contribution in [0, 0.1) is 5.41 Å². The summed E-state index contributed by atoms with van der Waals surface area (Å²) in [6.45, 7) is 4.05. The van der Waals surface area contributed by atoms with Crippen LogP contribution in [-0.2, 0) is 11.3 Å². The number of amides is 1. The molecule has 0 unspecified atom stereocenters. The first-order chi connectivity index (χ1) is 10.6. The summed E-state index contributed by atoms with van der Waals surface area (Å²) in [6, 6.07) is 5.35. The zero-order valence-corrected chi connectivity index (χ0v) is 12.5. The fourth-order valence-corrected chi connectivity index (χ4v) is 3.08. The molecule has 2 N–H and O–H groups in total. The van der Waals surface area contributed by atoms with Gasteiger partial charge in [-0.2, -0.15) is 0 Å². The average molecular weight is 298 g/mol. The Morgan fingerprint density at radius 2 is 2.00 bits per heavy atom. The number of nitrogens with one attached hydrogen (secondary N) is 2. The van der Waals surface area contributed by atoms with Crippen molar-refractivity contribution in [1.29, 1.82) is 5.41 Å². The fourth-order valence-electron chi connectivity index (χ4n) is 3.08. The van der Waals surface area contributed by atoms with Crippen LogP contribution in [0.25, 0.3) is 11.4 Å². The summed E-state index contributed by atoms with van der Waals surface area (Å²) >= 11 is 0. The van der Waals surface area contributed by atoms with Gasteiger partial charge in [-0.1, -0.05) is 0 Å². The molecule has 0 bridgehead atoms. The minimum atomic E-state index is -0.0277. The zero-order chi connectivity index (χ0) is 15.3. The highest BCUT2D eigenvalue weighted by molar-refractivity contribution is 5.98. The predicted octanol–water partition coefficient (Wildman–Crippen LogP) is 0.171. The van der Waals surface area contributed by atoms with Gasteiger partial charge in [-0.05, 0) is 25.2 Å². The van der Waals surface area contributed by atoms with E-state index in [4.69, 9.17) is 10.4 Å². The number of aromatic nitrogens is 2. The maximum atomic E-state index is 11.9. The second-order valence-electron chi connectivity index (χ2n) is 5.91. The Bertz CT molecular complexity index is 774. The number of hydrogen-bond donors (Lipinski definition) is 2. The van der Waals surface area contributed by atoms with Crippen LogP contribution in [-0.4, -0.2) is 53.6 Å². The highest BCUT2D eigenvalue weighted by Crippen LogP contribution is 2.34. The summed E-state index contributed by atoms with van der Waals surface area (Å²) < 4.78 is 1.94. The molecule has 0 aromatic carbocycles. The first-order valence-corrected chi connectivity index (χ1v) is 7.44. The number of benzene rings is 1. The number of likely N-dealkylation sites (N-methyl/N-ethyl adjacent to an activating group) is 1. The summed E-state index contributed by atoms with van der Waals surface area (Å²) in [4.78, 5) is 21.2. The van der Waals surface area contributed by atoms with Gasteiger partial charge in [0.05, 0.1) is 16.7 Å². The van der Waals surface area contributed by atoms with E-state index in [1.54, 1.807) is 12.1 Å². The van der Waals surface area contributed by atoms with Crippen LogP contribution in [0.5, 0.6) is 0 Å². The molecule has 1 saturated heterocycles. The molecule has 22 heavy (non-hydrogen) atoms. The third kappa shape index (κ3) is 2.05. The number of rotatable bonds is 1. The van der Waals surface area contributed by atoms with Crippen molar-refractivity contribution in [2.45, 2.75) is 6.54 Å². The summed E-state index contributed by atoms with van der Waals surface area (Å²) in [5.74, 6) is 1.57. The monoisotopic (exact) mass is 298 g/mol. The molecule has 3 heterocycles. The Morgan fingerprint density at radius 1 is 1.23 bits per heavy atom. The van der Waals surface area contributed by atoms with Gasteiger partial charge in [-0.15, -0.1) is 0 Å². The molecule has 1 amide bonds. The Hall–Kier alpha value is -2.41. The first-order valence-electron chi connectivity index (χ1n) is 7.44. The normalized spacial score (nSPS) is 18.6. The molecular formula is C15H18N6O. The van der Waals surface area contributed by atoms with Gasteiger partial charge in [-0.25, -0.2) is 4.98 Å². The molecule has 0 atom stereocenters. The number of fused-ring (bicyclic) bond motifs is 3. The molecule has 1 aliphatic carbocycles. The number of carbonyl (C=O) groups excluding carboxylic acids is 1. The maximum Gasteiger partial charge on any atom is 0.245 e. The van der Waals surface area contributed by atoms with Gasteiger partial charge in [0.2, 0.25) is 5.91 Å². The standard InChI is InChI=1S/C15H18N6O/c1-19-4-6-20(7-5-19)14-15-18-13(22)9-21(15)12-8-10(16)2-3-11(12)17-14/h2-3,8,16H,4-7,9H2,1H3,(H,18,22). The van der Waals surface area contributed by atoms with Crippen molar-refractivity contribution in [1.82, 2.24) is 14.5 Å². The van der Waals surface area contributed by atoms with Gasteiger partial charge in [0, 0.05) is 26.2 Å². The lowest BCUT2D eigenvalue weighted by Crippen LogP contribution is -2.45. The van der Waals surface area contributed by atoms with Gasteiger partial charge in [-0.3, -0.25) is 4.79 Å². The van der Waals surface area contributed by atoms with Crippen LogP contribution >= 0.6 is 0 Å². The van der Waals surface area contributed by atoms with E-state index in [1.165, 1.54) is 0 Å². The Morgan fingerprint density at radius 3 is 2.77 bits per heavy atom. The predicted molar refractivity (Wildman–Crippen MR) is 83.0 cm³/mol. The third-order valence-electron chi connectivity index (χ3n) is 4.34. The lowest BCUT2D eigenvalue weighted by molar-refractivity contribution is -0.115. The van der Waals surface area contributed by atoms with E-state index in [2.05, 4.69) is 22.2 Å². The van der Waals surface area contributed by atoms with Gasteiger partial charge in [0.25, 0.3) is 0 Å². The van der Waals surface area contributed by atoms with Gasteiger partial charge < -0.3 is 25.1 Å². The summed E-state index contributed by atoms with van der Waals surface area (Å²) in [7, 11) is 2.11. The van der Waals surface area contributed by atoms with E-state index < -0.39 is 0 Å². The molecule has 4 rings (SSSR count). The SMILES string of the molecule is CN1CCN(c2nc3ccc(=N)cc-3n3c2NC(=O)C3)CC1. The minimum Gasteiger partial charge on any atom is -0.351 e. The molecule has 0 radical (unpaired) electrons. The van der Waals surface area contributed by atoms with Crippen molar-refractivity contribution in [2.75, 3.05) is 43.4 Å². The average Bonchev–Trinajstić information content (AvgIpc) is 2.89. The largest absolute Gasteiger partial charge is 0.351 e. The summed E-state index contributed by atoms with van der Waals surface area (Å²) in [5, 5.41) is 11.2. The van der Waals surface area contributed by atoms with Crippen molar-refractivity contribution in [2.24, 2.45) is 0 Å². The van der Waals surface area contributed by atoms with Crippen LogP contribution in [0.4, 0.5) is 11.6 Å². The van der Waals surface area contributed by atoms with Gasteiger partial charge >= 0.3 is 0 Å². The second kappa shape index (κ2) is 4.81. The smallest absolute Gasteiger partial charge is 0.245 e.